The summed E-state index contributed by atoms with van der Waals surface area (Å²) in [5.74, 6) is -2.72. The van der Waals surface area contributed by atoms with Crippen LogP contribution in [0.2, 0.25) is 5.02 Å². The molecule has 1 aromatic carbocycles. The minimum Gasteiger partial charge on any atom is -0.465 e. The summed E-state index contributed by atoms with van der Waals surface area (Å²) in [7, 11) is 0. The highest BCUT2D eigenvalue weighted by Crippen LogP contribution is 2.58. The van der Waals surface area contributed by atoms with E-state index >= 15 is 0 Å². The van der Waals surface area contributed by atoms with Crippen LogP contribution in [0.25, 0.3) is 0 Å². The first-order chi connectivity index (χ1) is 17.9. The van der Waals surface area contributed by atoms with Crippen LogP contribution in [-0.2, 0) is 23.9 Å². The second-order valence-electron chi connectivity index (χ2n) is 10.1. The lowest BCUT2D eigenvalue weighted by molar-refractivity contribution is -0.160. The second-order valence-corrected chi connectivity index (χ2v) is 10.6. The highest BCUT2D eigenvalue weighted by atomic mass is 35.5. The maximum Gasteiger partial charge on any atom is 0.313 e. The Balaban J connectivity index is 1.61. The number of ether oxygens (including phenoxy) is 2. The van der Waals surface area contributed by atoms with Gasteiger partial charge >= 0.3 is 5.97 Å². The van der Waals surface area contributed by atoms with Gasteiger partial charge in [0.1, 0.15) is 23.2 Å². The summed E-state index contributed by atoms with van der Waals surface area (Å²) < 4.78 is 12.4. The Morgan fingerprint density at radius 2 is 1.81 bits per heavy atom. The number of amides is 2. The number of esters is 1. The second kappa shape index (κ2) is 10.2. The predicted octanol–water partition coefficient (Wildman–Crippen LogP) is 3.27. The summed E-state index contributed by atoms with van der Waals surface area (Å²) in [5.41, 5.74) is -1.68. The van der Waals surface area contributed by atoms with Crippen LogP contribution in [0.15, 0.2) is 48.6 Å². The molecule has 4 aliphatic rings. The summed E-state index contributed by atoms with van der Waals surface area (Å²) in [6.45, 7) is 2.87. The summed E-state index contributed by atoms with van der Waals surface area (Å²) in [5, 5.41) is 9.77. The van der Waals surface area contributed by atoms with E-state index in [0.29, 0.717) is 55.9 Å². The number of aliphatic hydroxyl groups is 1. The molecule has 5 atom stereocenters. The fraction of sp³-hybridized carbons (Fsp3) is 0.536. The molecule has 2 amide bonds. The Morgan fingerprint density at radius 1 is 1.03 bits per heavy atom. The van der Waals surface area contributed by atoms with Crippen LogP contribution in [0.4, 0.5) is 5.69 Å². The Hall–Kier alpha value is -2.68. The van der Waals surface area contributed by atoms with Gasteiger partial charge in [-0.05, 0) is 56.4 Å². The van der Waals surface area contributed by atoms with Crippen molar-refractivity contribution in [3.63, 3.8) is 0 Å². The number of unbranched alkanes of at least 4 members (excludes halogenated alkanes) is 2. The molecule has 1 spiro atoms. The lowest BCUT2D eigenvalue weighted by atomic mass is 9.73. The van der Waals surface area contributed by atoms with E-state index in [9.17, 15) is 19.5 Å². The lowest BCUT2D eigenvalue weighted by Crippen LogP contribution is -2.56. The minimum atomic E-state index is -1.30. The van der Waals surface area contributed by atoms with Crippen LogP contribution in [0.5, 0.6) is 0 Å². The molecule has 37 heavy (non-hydrogen) atoms. The van der Waals surface area contributed by atoms with Crippen LogP contribution in [0.1, 0.15) is 39.0 Å². The topological polar surface area (TPSA) is 96.4 Å². The lowest BCUT2D eigenvalue weighted by Gasteiger charge is -2.38. The van der Waals surface area contributed by atoms with Crippen molar-refractivity contribution >= 4 is 35.1 Å². The number of hydrogen-bond acceptors (Lipinski definition) is 6. The molecule has 9 heteroatoms. The summed E-state index contributed by atoms with van der Waals surface area (Å²) in [6.07, 6.45) is 10.5. The van der Waals surface area contributed by atoms with Crippen molar-refractivity contribution in [3.8, 4) is 0 Å². The van der Waals surface area contributed by atoms with E-state index in [1.165, 1.54) is 0 Å². The molecule has 0 radical (unpaired) electrons. The van der Waals surface area contributed by atoms with Crippen molar-refractivity contribution in [2.24, 2.45) is 11.8 Å². The van der Waals surface area contributed by atoms with Crippen LogP contribution in [0.3, 0.4) is 0 Å². The number of aliphatic hydroxyl groups excluding tert-OH is 1. The molecule has 0 aromatic heterocycles. The quantitative estimate of drug-likeness (QED) is 0.331. The molecular formula is C28H33ClN2O6. The molecule has 1 aromatic rings. The highest BCUT2D eigenvalue weighted by molar-refractivity contribution is 6.30. The van der Waals surface area contributed by atoms with Gasteiger partial charge in [-0.15, -0.1) is 0 Å². The molecular weight excluding hydrogens is 496 g/mol. The molecule has 8 nitrogen and oxygen atoms in total. The molecule has 1 N–H and O–H groups in total. The van der Waals surface area contributed by atoms with Crippen LogP contribution >= 0.6 is 11.6 Å². The summed E-state index contributed by atoms with van der Waals surface area (Å²) >= 11 is 6.09. The Labute approximate surface area is 221 Å². The molecule has 0 saturated carbocycles. The molecule has 0 aliphatic carbocycles. The first kappa shape index (κ1) is 25.9. The number of rotatable bonds is 7. The van der Waals surface area contributed by atoms with Gasteiger partial charge in [-0.2, -0.15) is 0 Å². The zero-order valence-corrected chi connectivity index (χ0v) is 21.7. The molecule has 4 aliphatic heterocycles. The number of carbonyl (C=O) groups excluding carboxylic acids is 3. The van der Waals surface area contributed by atoms with E-state index < -0.39 is 35.0 Å². The predicted molar refractivity (Wildman–Crippen MR) is 138 cm³/mol. The third kappa shape index (κ3) is 4.19. The van der Waals surface area contributed by atoms with Gasteiger partial charge in [0, 0.05) is 30.4 Å². The Kier molecular flexibility index (Phi) is 7.18. The monoisotopic (exact) mass is 528 g/mol. The maximum atomic E-state index is 14.3. The molecule has 5 rings (SSSR count). The number of hydrogen-bond donors (Lipinski definition) is 1. The van der Waals surface area contributed by atoms with Crippen molar-refractivity contribution in [1.82, 2.24) is 4.90 Å². The molecule has 2 fully saturated rings. The van der Waals surface area contributed by atoms with Crippen molar-refractivity contribution in [1.29, 1.82) is 0 Å². The van der Waals surface area contributed by atoms with Crippen LogP contribution in [-0.4, -0.2) is 71.3 Å². The third-order valence-electron chi connectivity index (χ3n) is 8.10. The number of cyclic esters (lactones) is 1. The van der Waals surface area contributed by atoms with Crippen molar-refractivity contribution in [3.05, 3.63) is 53.6 Å². The van der Waals surface area contributed by atoms with Gasteiger partial charge in [0.15, 0.2) is 0 Å². The normalized spacial score (nSPS) is 32.9. The van der Waals surface area contributed by atoms with Gasteiger partial charge in [-0.1, -0.05) is 42.8 Å². The van der Waals surface area contributed by atoms with E-state index in [0.717, 1.165) is 0 Å². The fourth-order valence-corrected chi connectivity index (χ4v) is 6.52. The molecule has 1 unspecified atom stereocenters. The van der Waals surface area contributed by atoms with Gasteiger partial charge in [-0.25, -0.2) is 0 Å². The summed E-state index contributed by atoms with van der Waals surface area (Å²) in [6, 6.07) is 6.08. The highest BCUT2D eigenvalue weighted by Gasteiger charge is 2.75. The number of benzene rings is 1. The van der Waals surface area contributed by atoms with Crippen molar-refractivity contribution in [2.45, 2.75) is 56.3 Å². The van der Waals surface area contributed by atoms with Gasteiger partial charge in [0.05, 0.1) is 12.5 Å². The molecule has 4 heterocycles. The van der Waals surface area contributed by atoms with Crippen molar-refractivity contribution < 1.29 is 29.0 Å². The maximum absolute atomic E-state index is 14.3. The smallest absolute Gasteiger partial charge is 0.313 e. The van der Waals surface area contributed by atoms with E-state index in [1.807, 2.05) is 31.2 Å². The zero-order valence-electron chi connectivity index (χ0n) is 21.0. The number of carbonyl (C=O) groups is 3. The van der Waals surface area contributed by atoms with E-state index in [1.54, 1.807) is 34.1 Å². The molecule has 2 saturated heterocycles. The van der Waals surface area contributed by atoms with Crippen LogP contribution < -0.4 is 4.90 Å². The number of nitrogens with zero attached hydrogens (tertiary/aromatic N) is 2. The first-order valence-electron chi connectivity index (χ1n) is 13.1. The van der Waals surface area contributed by atoms with Gasteiger partial charge < -0.3 is 24.4 Å². The minimum absolute atomic E-state index is 0.0678. The zero-order chi connectivity index (χ0) is 26.2. The van der Waals surface area contributed by atoms with E-state index in [2.05, 4.69) is 0 Å². The average molecular weight is 529 g/mol. The van der Waals surface area contributed by atoms with Crippen molar-refractivity contribution in [2.75, 3.05) is 31.2 Å². The number of fused-ring (bicyclic) bond motifs is 2. The first-order valence-corrected chi connectivity index (χ1v) is 13.5. The third-order valence-corrected chi connectivity index (χ3v) is 8.35. The number of anilines is 1. The van der Waals surface area contributed by atoms with Gasteiger partial charge in [-0.3, -0.25) is 14.4 Å². The standard InChI is InChI=1S/C28H33ClN2O6/c1-2-27-13-4-7-18-36-26(35)22(27)21-24(33)31(15-5-3-6-17-32)23-25(34)30(16-8-14-28(21,23)37-27)20-11-9-19(29)10-12-20/h4,8-14,21-23,32H,2-3,5-7,15-18H2,1H3/t21-,22+,23?,27-,28-/m0/s1. The van der Waals surface area contributed by atoms with Gasteiger partial charge in [0.25, 0.3) is 5.91 Å². The molecule has 198 valence electrons. The van der Waals surface area contributed by atoms with Crippen LogP contribution in [0, 0.1) is 11.8 Å². The van der Waals surface area contributed by atoms with Gasteiger partial charge in [0.2, 0.25) is 5.91 Å². The fourth-order valence-electron chi connectivity index (χ4n) is 6.39. The Bertz CT molecular complexity index is 1120. The summed E-state index contributed by atoms with van der Waals surface area (Å²) in [4.78, 5) is 45.1. The average Bonchev–Trinajstić information content (AvgIpc) is 3.23. The van der Waals surface area contributed by atoms with E-state index in [4.69, 9.17) is 21.1 Å². The van der Waals surface area contributed by atoms with E-state index in [-0.39, 0.29) is 25.0 Å². The largest absolute Gasteiger partial charge is 0.465 e. The number of likely N-dealkylation sites (tertiary alicyclic amines) is 1. The Morgan fingerprint density at radius 3 is 2.54 bits per heavy atom. The SMILES string of the molecule is CC[C@]12C=CCCOC(=O)[C@H]1[C@H]1C(=O)N(CCCCCO)C3C(=O)N(c4ccc(Cl)cc4)CC=C[C@@]31O2. The molecule has 0 bridgehead atoms. The number of halogens is 1.